The van der Waals surface area contributed by atoms with Gasteiger partial charge in [-0.1, -0.05) is 44.2 Å². The quantitative estimate of drug-likeness (QED) is 0.817. The average Bonchev–Trinajstić information content (AvgIpc) is 3.08. The molecule has 23 heavy (non-hydrogen) atoms. The molecule has 1 atom stereocenters. The van der Waals surface area contributed by atoms with Gasteiger partial charge in [0.25, 0.3) is 5.91 Å². The summed E-state index contributed by atoms with van der Waals surface area (Å²) in [6.07, 6.45) is 0.106. The molecule has 122 valence electrons. The van der Waals surface area contributed by atoms with E-state index in [2.05, 4.69) is 19.2 Å². The SMILES string of the molecule is COC(=O)C[C@@H](NC(=O)c1cccs1)c1ccc(C(C)C)cc1. The molecule has 0 spiro atoms. The number of carbonyl (C=O) groups excluding carboxylic acids is 2. The first-order valence-electron chi connectivity index (χ1n) is 7.52. The molecule has 2 rings (SSSR count). The van der Waals surface area contributed by atoms with Crippen molar-refractivity contribution in [2.24, 2.45) is 0 Å². The van der Waals surface area contributed by atoms with Crippen molar-refractivity contribution in [2.45, 2.75) is 32.2 Å². The van der Waals surface area contributed by atoms with Gasteiger partial charge in [0.1, 0.15) is 0 Å². The molecule has 0 saturated heterocycles. The Morgan fingerprint density at radius 2 is 1.78 bits per heavy atom. The van der Waals surface area contributed by atoms with Gasteiger partial charge in [0, 0.05) is 0 Å². The first-order chi connectivity index (χ1) is 11.0. The van der Waals surface area contributed by atoms with Crippen LogP contribution in [0.2, 0.25) is 0 Å². The number of methoxy groups -OCH3 is 1. The molecule has 0 radical (unpaired) electrons. The average molecular weight is 331 g/mol. The molecule has 1 aromatic carbocycles. The minimum Gasteiger partial charge on any atom is -0.469 e. The number of ether oxygens (including phenoxy) is 1. The van der Waals surface area contributed by atoms with Crippen molar-refractivity contribution >= 4 is 23.2 Å². The number of thiophene rings is 1. The van der Waals surface area contributed by atoms with E-state index in [1.54, 1.807) is 6.07 Å². The van der Waals surface area contributed by atoms with Gasteiger partial charge in [-0.15, -0.1) is 11.3 Å². The first-order valence-corrected chi connectivity index (χ1v) is 8.40. The highest BCUT2D eigenvalue weighted by Crippen LogP contribution is 2.22. The Morgan fingerprint density at radius 3 is 2.30 bits per heavy atom. The highest BCUT2D eigenvalue weighted by molar-refractivity contribution is 7.12. The molecule has 0 unspecified atom stereocenters. The van der Waals surface area contributed by atoms with Gasteiger partial charge in [-0.3, -0.25) is 9.59 Å². The third-order valence-electron chi connectivity index (χ3n) is 3.65. The van der Waals surface area contributed by atoms with E-state index in [0.717, 1.165) is 5.56 Å². The summed E-state index contributed by atoms with van der Waals surface area (Å²) in [5, 5.41) is 4.77. The van der Waals surface area contributed by atoms with Crippen LogP contribution in [0.5, 0.6) is 0 Å². The maximum absolute atomic E-state index is 12.3. The lowest BCUT2D eigenvalue weighted by Crippen LogP contribution is -2.30. The normalized spacial score (nSPS) is 12.0. The smallest absolute Gasteiger partial charge is 0.307 e. The zero-order chi connectivity index (χ0) is 16.8. The van der Waals surface area contributed by atoms with Crippen LogP contribution in [0.1, 0.15) is 53.0 Å². The summed E-state index contributed by atoms with van der Waals surface area (Å²) in [6.45, 7) is 4.25. The summed E-state index contributed by atoms with van der Waals surface area (Å²) in [6, 6.07) is 11.2. The lowest BCUT2D eigenvalue weighted by molar-refractivity contribution is -0.141. The van der Waals surface area contributed by atoms with Gasteiger partial charge in [-0.2, -0.15) is 0 Å². The minimum absolute atomic E-state index is 0.106. The molecule has 2 aromatic rings. The summed E-state index contributed by atoms with van der Waals surface area (Å²) < 4.78 is 4.75. The Kier molecular flexibility index (Phi) is 5.93. The minimum atomic E-state index is -0.404. The number of carbonyl (C=O) groups is 2. The second-order valence-corrected chi connectivity index (χ2v) is 6.55. The predicted molar refractivity (Wildman–Crippen MR) is 91.7 cm³/mol. The zero-order valence-electron chi connectivity index (χ0n) is 13.5. The monoisotopic (exact) mass is 331 g/mol. The van der Waals surface area contributed by atoms with E-state index in [4.69, 9.17) is 4.74 Å². The first kappa shape index (κ1) is 17.2. The number of nitrogens with one attached hydrogen (secondary N) is 1. The van der Waals surface area contributed by atoms with Crippen molar-refractivity contribution in [3.8, 4) is 0 Å². The van der Waals surface area contributed by atoms with E-state index in [1.807, 2.05) is 35.7 Å². The van der Waals surface area contributed by atoms with Gasteiger partial charge in [-0.25, -0.2) is 0 Å². The van der Waals surface area contributed by atoms with E-state index in [1.165, 1.54) is 24.0 Å². The molecular formula is C18H21NO3S. The lowest BCUT2D eigenvalue weighted by Gasteiger charge is -2.18. The van der Waals surface area contributed by atoms with Gasteiger partial charge in [0.15, 0.2) is 0 Å². The van der Waals surface area contributed by atoms with E-state index in [-0.39, 0.29) is 18.3 Å². The summed E-state index contributed by atoms with van der Waals surface area (Å²) >= 11 is 1.37. The highest BCUT2D eigenvalue weighted by atomic mass is 32.1. The number of rotatable bonds is 6. The molecule has 1 N–H and O–H groups in total. The van der Waals surface area contributed by atoms with Gasteiger partial charge in [0.05, 0.1) is 24.4 Å². The largest absolute Gasteiger partial charge is 0.469 e. The summed E-state index contributed by atoms with van der Waals surface area (Å²) in [7, 11) is 1.35. The fourth-order valence-electron chi connectivity index (χ4n) is 2.25. The molecule has 0 aliphatic heterocycles. The van der Waals surface area contributed by atoms with E-state index in [9.17, 15) is 9.59 Å². The standard InChI is InChI=1S/C18H21NO3S/c1-12(2)13-6-8-14(9-7-13)15(11-17(20)22-3)19-18(21)16-5-4-10-23-16/h4-10,12,15H,11H2,1-3H3,(H,19,21)/t15-/m1/s1. The third-order valence-corrected chi connectivity index (χ3v) is 4.52. The Bertz CT molecular complexity index is 647. The Balaban J connectivity index is 2.19. The molecule has 0 aliphatic rings. The van der Waals surface area contributed by atoms with Crippen molar-refractivity contribution in [1.29, 1.82) is 0 Å². The highest BCUT2D eigenvalue weighted by Gasteiger charge is 2.20. The molecular weight excluding hydrogens is 310 g/mol. The topological polar surface area (TPSA) is 55.4 Å². The molecule has 4 nitrogen and oxygen atoms in total. The predicted octanol–water partition coefficient (Wildman–Crippen LogP) is 3.91. The van der Waals surface area contributed by atoms with Crippen LogP contribution >= 0.6 is 11.3 Å². The molecule has 0 fully saturated rings. The number of amides is 1. The maximum Gasteiger partial charge on any atom is 0.307 e. The second kappa shape index (κ2) is 7.92. The van der Waals surface area contributed by atoms with E-state index in [0.29, 0.717) is 10.8 Å². The molecule has 1 amide bonds. The second-order valence-electron chi connectivity index (χ2n) is 5.60. The van der Waals surface area contributed by atoms with E-state index >= 15 is 0 Å². The molecule has 1 aromatic heterocycles. The van der Waals surface area contributed by atoms with Crippen molar-refractivity contribution in [3.63, 3.8) is 0 Å². The Labute approximate surface area is 140 Å². The molecule has 5 heteroatoms. The molecule has 0 bridgehead atoms. The third kappa shape index (κ3) is 4.66. The van der Waals surface area contributed by atoms with Gasteiger partial charge in [-0.05, 0) is 28.5 Å². The number of hydrogen-bond acceptors (Lipinski definition) is 4. The van der Waals surface area contributed by atoms with Crippen molar-refractivity contribution in [3.05, 3.63) is 57.8 Å². The van der Waals surface area contributed by atoms with Crippen molar-refractivity contribution in [1.82, 2.24) is 5.32 Å². The number of esters is 1. The molecule has 0 aliphatic carbocycles. The van der Waals surface area contributed by atoms with Crippen LogP contribution in [0.3, 0.4) is 0 Å². The fraction of sp³-hybridized carbons (Fsp3) is 0.333. The van der Waals surface area contributed by atoms with Gasteiger partial charge in [0.2, 0.25) is 0 Å². The van der Waals surface area contributed by atoms with Crippen molar-refractivity contribution in [2.75, 3.05) is 7.11 Å². The van der Waals surface area contributed by atoms with Crippen LogP contribution in [0.25, 0.3) is 0 Å². The van der Waals surface area contributed by atoms with Crippen LogP contribution in [0, 0.1) is 0 Å². The van der Waals surface area contributed by atoms with Crippen LogP contribution in [-0.4, -0.2) is 19.0 Å². The van der Waals surface area contributed by atoms with Crippen LogP contribution in [0.4, 0.5) is 0 Å². The Morgan fingerprint density at radius 1 is 1.13 bits per heavy atom. The van der Waals surface area contributed by atoms with Gasteiger partial charge < -0.3 is 10.1 Å². The lowest BCUT2D eigenvalue weighted by atomic mass is 9.97. The van der Waals surface area contributed by atoms with Crippen LogP contribution < -0.4 is 5.32 Å². The molecule has 0 saturated carbocycles. The molecule has 1 heterocycles. The summed E-state index contributed by atoms with van der Waals surface area (Å²) in [5.74, 6) is -0.0972. The maximum atomic E-state index is 12.3. The van der Waals surface area contributed by atoms with Crippen molar-refractivity contribution < 1.29 is 14.3 Å². The Hall–Kier alpha value is -2.14. The zero-order valence-corrected chi connectivity index (χ0v) is 14.4. The number of benzene rings is 1. The van der Waals surface area contributed by atoms with Gasteiger partial charge >= 0.3 is 5.97 Å². The van der Waals surface area contributed by atoms with E-state index < -0.39 is 6.04 Å². The fourth-order valence-corrected chi connectivity index (χ4v) is 2.88. The number of hydrogen-bond donors (Lipinski definition) is 1. The summed E-state index contributed by atoms with van der Waals surface area (Å²) in [5.41, 5.74) is 2.11. The van der Waals surface area contributed by atoms with Crippen LogP contribution in [-0.2, 0) is 9.53 Å². The summed E-state index contributed by atoms with van der Waals surface area (Å²) in [4.78, 5) is 24.6. The van der Waals surface area contributed by atoms with Crippen LogP contribution in [0.15, 0.2) is 41.8 Å².